The second-order valence-corrected chi connectivity index (χ2v) is 3.73. The summed E-state index contributed by atoms with van der Waals surface area (Å²) in [5.74, 6) is 5.40. The lowest BCUT2D eigenvalue weighted by Crippen LogP contribution is -1.97. The largest absolute Gasteiger partial charge is 0.744 e. The van der Waals surface area contributed by atoms with Gasteiger partial charge in [0, 0.05) is 5.56 Å². The van der Waals surface area contributed by atoms with Crippen LogP contribution in [0.1, 0.15) is 12.5 Å². The van der Waals surface area contributed by atoms with Gasteiger partial charge in [-0.25, -0.2) is 8.42 Å². The third-order valence-corrected chi connectivity index (χ3v) is 2.26. The van der Waals surface area contributed by atoms with E-state index in [-0.39, 0.29) is 4.90 Å². The lowest BCUT2D eigenvalue weighted by Gasteiger charge is -2.05. The summed E-state index contributed by atoms with van der Waals surface area (Å²) < 4.78 is 31.5. The Labute approximate surface area is 77.2 Å². The van der Waals surface area contributed by atoms with Gasteiger partial charge in [0.05, 0.1) is 4.90 Å². The van der Waals surface area contributed by atoms with Gasteiger partial charge in [0.15, 0.2) is 0 Å². The molecule has 0 bridgehead atoms. The van der Waals surface area contributed by atoms with Gasteiger partial charge >= 0.3 is 0 Å². The molecule has 0 aromatic heterocycles. The van der Waals surface area contributed by atoms with Crippen LogP contribution < -0.4 is 0 Å². The van der Waals surface area contributed by atoms with E-state index in [9.17, 15) is 13.0 Å². The van der Waals surface area contributed by atoms with Crippen molar-refractivity contribution in [2.24, 2.45) is 0 Å². The third-order valence-electron chi connectivity index (χ3n) is 1.41. The van der Waals surface area contributed by atoms with Crippen LogP contribution in [0.15, 0.2) is 29.2 Å². The van der Waals surface area contributed by atoms with Crippen LogP contribution in [0, 0.1) is 11.8 Å². The maximum Gasteiger partial charge on any atom is 0.124 e. The highest BCUT2D eigenvalue weighted by Gasteiger charge is 1.98. The molecule has 0 saturated carbocycles. The zero-order chi connectivity index (χ0) is 9.90. The van der Waals surface area contributed by atoms with Crippen molar-refractivity contribution in [2.45, 2.75) is 11.8 Å². The molecular weight excluding hydrogens is 188 g/mol. The van der Waals surface area contributed by atoms with E-state index in [1.807, 2.05) is 0 Å². The van der Waals surface area contributed by atoms with Crippen molar-refractivity contribution in [2.75, 3.05) is 0 Å². The fraction of sp³-hybridized carbons (Fsp3) is 0.111. The molecule has 0 saturated heterocycles. The van der Waals surface area contributed by atoms with Crippen molar-refractivity contribution in [3.8, 4) is 11.8 Å². The quantitative estimate of drug-likeness (QED) is 0.495. The Bertz CT molecular complexity index is 446. The van der Waals surface area contributed by atoms with Gasteiger partial charge in [-0.15, -0.1) is 5.92 Å². The molecule has 1 rings (SSSR count). The fourth-order valence-electron chi connectivity index (χ4n) is 0.849. The molecule has 68 valence electrons. The summed E-state index contributed by atoms with van der Waals surface area (Å²) in [7, 11) is -4.33. The highest BCUT2D eigenvalue weighted by molar-refractivity contribution is 7.85. The number of rotatable bonds is 1. The minimum absolute atomic E-state index is 0.228. The van der Waals surface area contributed by atoms with Crippen molar-refractivity contribution in [1.29, 1.82) is 0 Å². The molecule has 0 aliphatic carbocycles. The normalized spacial score (nSPS) is 10.3. The smallest absolute Gasteiger partial charge is 0.124 e. The third kappa shape index (κ3) is 2.58. The first-order chi connectivity index (χ1) is 6.04. The maximum atomic E-state index is 10.5. The topological polar surface area (TPSA) is 57.2 Å². The molecule has 0 unspecified atom stereocenters. The van der Waals surface area contributed by atoms with Gasteiger partial charge in [0.2, 0.25) is 0 Å². The Kier molecular flexibility index (Phi) is 2.71. The van der Waals surface area contributed by atoms with Gasteiger partial charge in [-0.05, 0) is 31.2 Å². The summed E-state index contributed by atoms with van der Waals surface area (Å²) in [5, 5.41) is 0. The second-order valence-electron chi connectivity index (χ2n) is 2.35. The van der Waals surface area contributed by atoms with Crippen LogP contribution in [0.4, 0.5) is 0 Å². The standard InChI is InChI=1S/C9H8O3S/c1-2-3-8-4-6-9(7-5-8)13(10,11)12/h4-7H,1H3,(H,10,11,12)/p-1. The first-order valence-electron chi connectivity index (χ1n) is 3.53. The Morgan fingerprint density at radius 1 is 1.23 bits per heavy atom. The Balaban J connectivity index is 3.13. The molecule has 0 radical (unpaired) electrons. The van der Waals surface area contributed by atoms with Gasteiger partial charge in [-0.3, -0.25) is 0 Å². The Morgan fingerprint density at radius 3 is 2.15 bits per heavy atom. The SMILES string of the molecule is CC#Cc1ccc(S(=O)(=O)[O-])cc1. The van der Waals surface area contributed by atoms with E-state index in [1.54, 1.807) is 6.92 Å². The molecular formula is C9H7O3S-. The predicted molar refractivity (Wildman–Crippen MR) is 47.0 cm³/mol. The van der Waals surface area contributed by atoms with E-state index in [0.29, 0.717) is 5.56 Å². The van der Waals surface area contributed by atoms with E-state index in [2.05, 4.69) is 11.8 Å². The minimum atomic E-state index is -4.33. The lowest BCUT2D eigenvalue weighted by molar-refractivity contribution is 0.463. The van der Waals surface area contributed by atoms with E-state index in [0.717, 1.165) is 0 Å². The van der Waals surface area contributed by atoms with Crippen molar-refractivity contribution in [3.63, 3.8) is 0 Å². The van der Waals surface area contributed by atoms with Gasteiger partial charge in [-0.2, -0.15) is 0 Å². The minimum Gasteiger partial charge on any atom is -0.744 e. The number of benzene rings is 1. The summed E-state index contributed by atoms with van der Waals surface area (Å²) in [6.45, 7) is 1.68. The number of hydrogen-bond donors (Lipinski definition) is 0. The maximum absolute atomic E-state index is 10.5. The molecule has 0 fully saturated rings. The number of hydrogen-bond acceptors (Lipinski definition) is 3. The Morgan fingerprint density at radius 2 is 1.77 bits per heavy atom. The zero-order valence-corrected chi connectivity index (χ0v) is 7.76. The molecule has 0 aliphatic heterocycles. The lowest BCUT2D eigenvalue weighted by atomic mass is 10.2. The molecule has 0 amide bonds. The van der Waals surface area contributed by atoms with E-state index >= 15 is 0 Å². The van der Waals surface area contributed by atoms with Crippen molar-refractivity contribution < 1.29 is 13.0 Å². The predicted octanol–water partition coefficient (Wildman–Crippen LogP) is 0.962. The first kappa shape index (κ1) is 9.78. The van der Waals surface area contributed by atoms with Crippen molar-refractivity contribution in [3.05, 3.63) is 29.8 Å². The molecule has 1 aromatic carbocycles. The van der Waals surface area contributed by atoms with Crippen LogP contribution in [-0.4, -0.2) is 13.0 Å². The van der Waals surface area contributed by atoms with Crippen LogP contribution in [0.25, 0.3) is 0 Å². The molecule has 3 nitrogen and oxygen atoms in total. The van der Waals surface area contributed by atoms with Gasteiger partial charge in [-0.1, -0.05) is 5.92 Å². The highest BCUT2D eigenvalue weighted by Crippen LogP contribution is 2.08. The van der Waals surface area contributed by atoms with E-state index in [1.165, 1.54) is 24.3 Å². The first-order valence-corrected chi connectivity index (χ1v) is 4.93. The van der Waals surface area contributed by atoms with Gasteiger partial charge < -0.3 is 4.55 Å². The summed E-state index contributed by atoms with van der Waals surface area (Å²) in [6.07, 6.45) is 0. The molecule has 0 heterocycles. The summed E-state index contributed by atoms with van der Waals surface area (Å²) in [5.41, 5.74) is 0.690. The van der Waals surface area contributed by atoms with E-state index in [4.69, 9.17) is 0 Å². The molecule has 0 spiro atoms. The van der Waals surface area contributed by atoms with Crippen LogP contribution >= 0.6 is 0 Å². The van der Waals surface area contributed by atoms with Crippen molar-refractivity contribution >= 4 is 10.1 Å². The summed E-state index contributed by atoms with van der Waals surface area (Å²) in [4.78, 5) is -0.228. The average molecular weight is 195 g/mol. The summed E-state index contributed by atoms with van der Waals surface area (Å²) in [6, 6.07) is 5.51. The van der Waals surface area contributed by atoms with E-state index < -0.39 is 10.1 Å². The van der Waals surface area contributed by atoms with Crippen LogP contribution in [-0.2, 0) is 10.1 Å². The zero-order valence-electron chi connectivity index (χ0n) is 6.94. The molecule has 0 aliphatic rings. The Hall–Kier alpha value is -1.31. The molecule has 0 atom stereocenters. The average Bonchev–Trinajstić information content (AvgIpc) is 2.04. The monoisotopic (exact) mass is 195 g/mol. The molecule has 0 N–H and O–H groups in total. The van der Waals surface area contributed by atoms with Gasteiger partial charge in [0.25, 0.3) is 0 Å². The second kappa shape index (κ2) is 3.60. The summed E-state index contributed by atoms with van der Waals surface area (Å²) >= 11 is 0. The molecule has 13 heavy (non-hydrogen) atoms. The molecule has 1 aromatic rings. The fourth-order valence-corrected chi connectivity index (χ4v) is 1.32. The van der Waals surface area contributed by atoms with Crippen LogP contribution in [0.5, 0.6) is 0 Å². The van der Waals surface area contributed by atoms with Crippen LogP contribution in [0.2, 0.25) is 0 Å². The molecule has 4 heteroatoms. The van der Waals surface area contributed by atoms with Crippen molar-refractivity contribution in [1.82, 2.24) is 0 Å². The van der Waals surface area contributed by atoms with Crippen LogP contribution in [0.3, 0.4) is 0 Å². The highest BCUT2D eigenvalue weighted by atomic mass is 32.2. The van der Waals surface area contributed by atoms with Gasteiger partial charge in [0.1, 0.15) is 10.1 Å².